The minimum absolute atomic E-state index is 0.244. The predicted octanol–water partition coefficient (Wildman–Crippen LogP) is 3.99. The molecule has 0 bridgehead atoms. The molecule has 18 heavy (non-hydrogen) atoms. The normalized spacial score (nSPS) is 12.9. The van der Waals surface area contributed by atoms with E-state index in [0.717, 1.165) is 16.6 Å². The highest BCUT2D eigenvalue weighted by Gasteiger charge is 2.12. The van der Waals surface area contributed by atoms with Gasteiger partial charge in [0, 0.05) is 23.4 Å². The van der Waals surface area contributed by atoms with Crippen molar-refractivity contribution in [1.29, 1.82) is 0 Å². The van der Waals surface area contributed by atoms with Crippen LogP contribution >= 0.6 is 15.9 Å². The van der Waals surface area contributed by atoms with Gasteiger partial charge >= 0.3 is 0 Å². The maximum atomic E-state index is 9.99. The predicted molar refractivity (Wildman–Crippen MR) is 77.5 cm³/mol. The number of halogens is 1. The molecule has 0 saturated heterocycles. The molecule has 1 unspecified atom stereocenters. The van der Waals surface area contributed by atoms with E-state index < -0.39 is 0 Å². The third-order valence-electron chi connectivity index (χ3n) is 3.02. The summed E-state index contributed by atoms with van der Waals surface area (Å²) in [6.07, 6.45) is 3.66. The van der Waals surface area contributed by atoms with Gasteiger partial charge in [0.05, 0.1) is 6.10 Å². The summed E-state index contributed by atoms with van der Waals surface area (Å²) in [5.74, 6) is 0.244. The number of rotatable bonds is 4. The van der Waals surface area contributed by atoms with E-state index in [4.69, 9.17) is 0 Å². The summed E-state index contributed by atoms with van der Waals surface area (Å²) in [6, 6.07) is 10.3. The summed E-state index contributed by atoms with van der Waals surface area (Å²) < 4.78 is 3.19. The van der Waals surface area contributed by atoms with Crippen LogP contribution in [-0.2, 0) is 6.54 Å². The van der Waals surface area contributed by atoms with E-state index in [1.807, 2.05) is 44.4 Å². The number of hydrogen-bond acceptors (Lipinski definition) is 1. The zero-order chi connectivity index (χ0) is 13.1. The molecular formula is C15H18BrNO. The minimum Gasteiger partial charge on any atom is -0.388 e. The maximum absolute atomic E-state index is 9.99. The fourth-order valence-electron chi connectivity index (χ4n) is 1.92. The number of benzene rings is 1. The molecular weight excluding hydrogens is 290 g/mol. The molecule has 1 aromatic carbocycles. The highest BCUT2D eigenvalue weighted by molar-refractivity contribution is 9.10. The lowest BCUT2D eigenvalue weighted by atomic mass is 10.0. The van der Waals surface area contributed by atoms with Crippen molar-refractivity contribution in [3.63, 3.8) is 0 Å². The van der Waals surface area contributed by atoms with Gasteiger partial charge in [0.25, 0.3) is 0 Å². The minimum atomic E-state index is -0.379. The van der Waals surface area contributed by atoms with Gasteiger partial charge in [-0.25, -0.2) is 0 Å². The van der Waals surface area contributed by atoms with Gasteiger partial charge in [0.15, 0.2) is 0 Å². The SMILES string of the molecule is CC(C)C(O)c1ccn(Cc2ccc(Br)cc2)c1. The number of aromatic nitrogens is 1. The smallest absolute Gasteiger partial charge is 0.0827 e. The molecule has 0 spiro atoms. The van der Waals surface area contributed by atoms with E-state index >= 15 is 0 Å². The highest BCUT2D eigenvalue weighted by atomic mass is 79.9. The molecule has 2 nitrogen and oxygen atoms in total. The van der Waals surface area contributed by atoms with E-state index in [9.17, 15) is 5.11 Å². The highest BCUT2D eigenvalue weighted by Crippen LogP contribution is 2.21. The van der Waals surface area contributed by atoms with Crippen molar-refractivity contribution in [2.75, 3.05) is 0 Å². The Morgan fingerprint density at radius 3 is 2.44 bits per heavy atom. The monoisotopic (exact) mass is 307 g/mol. The van der Waals surface area contributed by atoms with Crippen molar-refractivity contribution in [3.8, 4) is 0 Å². The van der Waals surface area contributed by atoms with Crippen LogP contribution in [0.5, 0.6) is 0 Å². The molecule has 1 aromatic heterocycles. The van der Waals surface area contributed by atoms with Gasteiger partial charge in [-0.1, -0.05) is 41.9 Å². The van der Waals surface area contributed by atoms with Gasteiger partial charge in [-0.2, -0.15) is 0 Å². The third-order valence-corrected chi connectivity index (χ3v) is 3.55. The van der Waals surface area contributed by atoms with Crippen molar-refractivity contribution >= 4 is 15.9 Å². The Balaban J connectivity index is 2.09. The van der Waals surface area contributed by atoms with E-state index in [0.29, 0.717) is 0 Å². The van der Waals surface area contributed by atoms with Crippen LogP contribution in [0.2, 0.25) is 0 Å². The Labute approximate surface area is 116 Å². The molecule has 0 fully saturated rings. The molecule has 0 aliphatic rings. The van der Waals surface area contributed by atoms with Crippen molar-refractivity contribution < 1.29 is 5.11 Å². The zero-order valence-electron chi connectivity index (χ0n) is 10.7. The molecule has 1 N–H and O–H groups in total. The van der Waals surface area contributed by atoms with Crippen LogP contribution < -0.4 is 0 Å². The van der Waals surface area contributed by atoms with Crippen LogP contribution in [0.3, 0.4) is 0 Å². The number of nitrogens with zero attached hydrogens (tertiary/aromatic N) is 1. The molecule has 0 aliphatic heterocycles. The molecule has 0 amide bonds. The molecule has 0 saturated carbocycles. The van der Waals surface area contributed by atoms with Crippen LogP contribution in [0.15, 0.2) is 47.2 Å². The summed E-state index contributed by atoms with van der Waals surface area (Å²) >= 11 is 3.43. The van der Waals surface area contributed by atoms with Gasteiger partial charge in [-0.15, -0.1) is 0 Å². The van der Waals surface area contributed by atoms with E-state index in [1.165, 1.54) is 5.56 Å². The van der Waals surface area contributed by atoms with Crippen molar-refractivity contribution in [2.45, 2.75) is 26.5 Å². The quantitative estimate of drug-likeness (QED) is 0.908. The second kappa shape index (κ2) is 5.72. The lowest BCUT2D eigenvalue weighted by Gasteiger charge is -2.12. The lowest BCUT2D eigenvalue weighted by molar-refractivity contribution is 0.127. The molecule has 96 valence electrons. The van der Waals surface area contributed by atoms with Crippen LogP contribution in [0.25, 0.3) is 0 Å². The van der Waals surface area contributed by atoms with Crippen LogP contribution in [-0.4, -0.2) is 9.67 Å². The second-order valence-corrected chi connectivity index (χ2v) is 5.85. The first kappa shape index (κ1) is 13.4. The van der Waals surface area contributed by atoms with Crippen molar-refractivity contribution in [2.24, 2.45) is 5.92 Å². The van der Waals surface area contributed by atoms with E-state index in [-0.39, 0.29) is 12.0 Å². The summed E-state index contributed by atoms with van der Waals surface area (Å²) in [5.41, 5.74) is 2.24. The molecule has 1 heterocycles. The van der Waals surface area contributed by atoms with Gasteiger partial charge in [0.2, 0.25) is 0 Å². The fraction of sp³-hybridized carbons (Fsp3) is 0.333. The van der Waals surface area contributed by atoms with Crippen LogP contribution in [0.4, 0.5) is 0 Å². The van der Waals surface area contributed by atoms with Gasteiger partial charge < -0.3 is 9.67 Å². The Bertz CT molecular complexity index is 501. The molecule has 3 heteroatoms. The van der Waals surface area contributed by atoms with E-state index in [2.05, 4.69) is 32.6 Å². The second-order valence-electron chi connectivity index (χ2n) is 4.93. The molecule has 0 aliphatic carbocycles. The standard InChI is InChI=1S/C15H18BrNO/c1-11(2)15(18)13-7-8-17(10-13)9-12-3-5-14(16)6-4-12/h3-8,10-11,15,18H,9H2,1-2H3. The lowest BCUT2D eigenvalue weighted by Crippen LogP contribution is -2.04. The molecule has 2 aromatic rings. The Morgan fingerprint density at radius 1 is 1.17 bits per heavy atom. The third kappa shape index (κ3) is 3.24. The summed E-state index contributed by atoms with van der Waals surface area (Å²) in [4.78, 5) is 0. The number of aliphatic hydroxyl groups is 1. The largest absolute Gasteiger partial charge is 0.388 e. The summed E-state index contributed by atoms with van der Waals surface area (Å²) in [6.45, 7) is 4.88. The average molecular weight is 308 g/mol. The Hall–Kier alpha value is -1.06. The fourth-order valence-corrected chi connectivity index (χ4v) is 2.18. The van der Waals surface area contributed by atoms with Gasteiger partial charge in [-0.3, -0.25) is 0 Å². The maximum Gasteiger partial charge on any atom is 0.0827 e. The van der Waals surface area contributed by atoms with Crippen LogP contribution in [0.1, 0.15) is 31.1 Å². The number of aliphatic hydroxyl groups excluding tert-OH is 1. The Kier molecular flexibility index (Phi) is 4.25. The van der Waals surface area contributed by atoms with E-state index in [1.54, 1.807) is 0 Å². The van der Waals surface area contributed by atoms with Gasteiger partial charge in [0.1, 0.15) is 0 Å². The average Bonchev–Trinajstić information content (AvgIpc) is 2.79. The zero-order valence-corrected chi connectivity index (χ0v) is 12.3. The van der Waals surface area contributed by atoms with Crippen molar-refractivity contribution in [3.05, 3.63) is 58.3 Å². The molecule has 2 rings (SSSR count). The van der Waals surface area contributed by atoms with Crippen LogP contribution in [0, 0.1) is 5.92 Å². The summed E-state index contributed by atoms with van der Waals surface area (Å²) in [7, 11) is 0. The topological polar surface area (TPSA) is 25.2 Å². The first-order chi connectivity index (χ1) is 8.56. The first-order valence-corrected chi connectivity index (χ1v) is 6.94. The molecule has 0 radical (unpaired) electrons. The number of hydrogen-bond donors (Lipinski definition) is 1. The van der Waals surface area contributed by atoms with Crippen molar-refractivity contribution in [1.82, 2.24) is 4.57 Å². The Morgan fingerprint density at radius 2 is 1.83 bits per heavy atom. The first-order valence-electron chi connectivity index (χ1n) is 6.14. The van der Waals surface area contributed by atoms with Gasteiger partial charge in [-0.05, 0) is 35.2 Å². The summed E-state index contributed by atoms with van der Waals surface area (Å²) in [5, 5.41) is 9.99. The molecule has 1 atom stereocenters.